The summed E-state index contributed by atoms with van der Waals surface area (Å²) >= 11 is 0. The van der Waals surface area contributed by atoms with Gasteiger partial charge in [0.1, 0.15) is 0 Å². The maximum absolute atomic E-state index is 5.75. The normalized spacial score (nSPS) is 17.1. The molecule has 1 unspecified atom stereocenters. The Bertz CT molecular complexity index is 2850. The summed E-state index contributed by atoms with van der Waals surface area (Å²) in [5.41, 5.74) is 19.1. The van der Waals surface area contributed by atoms with Gasteiger partial charge in [-0.2, -0.15) is 0 Å². The lowest BCUT2D eigenvalue weighted by Crippen LogP contribution is -2.37. The van der Waals surface area contributed by atoms with Crippen molar-refractivity contribution in [1.82, 2.24) is 4.57 Å². The van der Waals surface area contributed by atoms with E-state index in [1.165, 1.54) is 77.6 Å². The molecule has 3 aliphatic rings. The molecule has 0 saturated carbocycles. The molecule has 2 aliphatic heterocycles. The van der Waals surface area contributed by atoms with Crippen molar-refractivity contribution < 1.29 is 0 Å². The van der Waals surface area contributed by atoms with Crippen LogP contribution >= 0.6 is 0 Å². The number of nitrogens with zero attached hydrogens (tertiary/aromatic N) is 2. The van der Waals surface area contributed by atoms with Gasteiger partial charge in [-0.25, -0.2) is 4.99 Å². The van der Waals surface area contributed by atoms with E-state index in [2.05, 4.69) is 187 Å². The van der Waals surface area contributed by atoms with Gasteiger partial charge in [-0.05, 0) is 70.0 Å². The lowest BCUT2D eigenvalue weighted by atomic mass is 9.63. The first-order chi connectivity index (χ1) is 25.7. The molecule has 3 heterocycles. The topological polar surface area (TPSA) is 17.3 Å². The average molecular weight is 663 g/mol. The van der Waals surface area contributed by atoms with Crippen LogP contribution in [0.5, 0.6) is 0 Å². The number of aliphatic imine (C=N–C) groups is 1. The van der Waals surface area contributed by atoms with E-state index < -0.39 is 5.41 Å². The van der Waals surface area contributed by atoms with Crippen LogP contribution in [0.25, 0.3) is 49.9 Å². The molecule has 0 amide bonds. The number of aromatic nitrogens is 1. The predicted molar refractivity (Wildman–Crippen MR) is 216 cm³/mol. The summed E-state index contributed by atoms with van der Waals surface area (Å²) in [4.78, 5) is 5.75. The van der Waals surface area contributed by atoms with Crippen molar-refractivity contribution >= 4 is 38.8 Å². The summed E-state index contributed by atoms with van der Waals surface area (Å²) < 4.78 is 2.51. The van der Waals surface area contributed by atoms with E-state index in [4.69, 9.17) is 4.99 Å². The van der Waals surface area contributed by atoms with Gasteiger partial charge < -0.3 is 4.57 Å². The Kier molecular flexibility index (Phi) is 6.18. The largest absolute Gasteiger partial charge is 0.309 e. The molecule has 11 rings (SSSR count). The van der Waals surface area contributed by atoms with Gasteiger partial charge in [0.15, 0.2) is 0 Å². The molecule has 2 heteroatoms. The number of benzene rings is 7. The first-order valence-electron chi connectivity index (χ1n) is 18.2. The smallest absolute Gasteiger partial charge is 0.0772 e. The van der Waals surface area contributed by atoms with E-state index in [1.807, 2.05) is 0 Å². The predicted octanol–water partition coefficient (Wildman–Crippen LogP) is 12.1. The Morgan fingerprint density at radius 1 is 0.519 bits per heavy atom. The number of allylic oxidation sites excluding steroid dienone is 3. The van der Waals surface area contributed by atoms with E-state index in [-0.39, 0.29) is 0 Å². The van der Waals surface area contributed by atoms with E-state index in [1.54, 1.807) is 0 Å². The fourth-order valence-corrected chi connectivity index (χ4v) is 9.35. The fraction of sp³-hybridized carbons (Fsp3) is 0.0600. The fourth-order valence-electron chi connectivity index (χ4n) is 9.35. The van der Waals surface area contributed by atoms with Gasteiger partial charge >= 0.3 is 0 Å². The minimum Gasteiger partial charge on any atom is -0.309 e. The van der Waals surface area contributed by atoms with Crippen molar-refractivity contribution in [3.8, 4) is 16.8 Å². The van der Waals surface area contributed by atoms with Gasteiger partial charge in [-0.15, -0.1) is 0 Å². The average Bonchev–Trinajstić information content (AvgIpc) is 3.60. The molecule has 244 valence electrons. The van der Waals surface area contributed by atoms with Gasteiger partial charge in [0, 0.05) is 21.9 Å². The van der Waals surface area contributed by atoms with Crippen molar-refractivity contribution in [2.75, 3.05) is 0 Å². The van der Waals surface area contributed by atoms with Crippen molar-refractivity contribution in [2.45, 2.75) is 18.8 Å². The molecule has 52 heavy (non-hydrogen) atoms. The van der Waals surface area contributed by atoms with Gasteiger partial charge in [-0.3, -0.25) is 0 Å². The molecule has 0 saturated heterocycles. The Balaban J connectivity index is 1.21. The van der Waals surface area contributed by atoms with Crippen LogP contribution in [-0.2, 0) is 5.41 Å². The van der Waals surface area contributed by atoms with Crippen molar-refractivity contribution in [2.24, 2.45) is 4.99 Å². The number of para-hydroxylation sites is 3. The number of rotatable bonds is 3. The molecule has 0 fully saturated rings. The van der Waals surface area contributed by atoms with E-state index in [0.717, 1.165) is 29.0 Å². The summed E-state index contributed by atoms with van der Waals surface area (Å²) in [6, 6.07) is 62.6. The monoisotopic (exact) mass is 662 g/mol. The summed E-state index contributed by atoms with van der Waals surface area (Å²) in [7, 11) is 0. The molecule has 1 aromatic heterocycles. The molecule has 1 atom stereocenters. The second-order valence-electron chi connectivity index (χ2n) is 14.3. The van der Waals surface area contributed by atoms with Gasteiger partial charge in [0.25, 0.3) is 0 Å². The van der Waals surface area contributed by atoms with Gasteiger partial charge in [0.2, 0.25) is 0 Å². The van der Waals surface area contributed by atoms with Crippen LogP contribution in [0.15, 0.2) is 186 Å². The standard InChI is InChI=1S/C50H34N2/c1-32-22-24-33(25-23-32)34-26-28-35(29-27-34)44-31-30-39-37-14-5-7-17-41(37)50(47(39)48(51-44)36-12-3-2-4-13-36)42-18-8-10-21-46(42)52-45-20-9-6-15-38(45)40-16-11-19-43(50)49(40)52/h2-29,31H,30H2,1H3. The molecule has 1 spiro atoms. The van der Waals surface area contributed by atoms with Crippen LogP contribution in [0.4, 0.5) is 0 Å². The van der Waals surface area contributed by atoms with E-state index in [9.17, 15) is 0 Å². The molecule has 0 N–H and O–H groups in total. The Hall–Kier alpha value is -6.51. The molecular weight excluding hydrogens is 629 g/mol. The highest BCUT2D eigenvalue weighted by atomic mass is 15.0. The molecule has 2 nitrogen and oxygen atoms in total. The lowest BCUT2D eigenvalue weighted by molar-refractivity contribution is 0.750. The Morgan fingerprint density at radius 2 is 1.15 bits per heavy atom. The quantitative estimate of drug-likeness (QED) is 0.179. The zero-order valence-electron chi connectivity index (χ0n) is 28.8. The Morgan fingerprint density at radius 3 is 1.98 bits per heavy atom. The lowest BCUT2D eigenvalue weighted by Gasteiger charge is -2.41. The van der Waals surface area contributed by atoms with Crippen LogP contribution in [0, 0.1) is 6.92 Å². The highest BCUT2D eigenvalue weighted by Crippen LogP contribution is 2.61. The molecule has 1 aliphatic carbocycles. The molecule has 0 radical (unpaired) electrons. The third kappa shape index (κ3) is 3.92. The molecular formula is C50H34N2. The van der Waals surface area contributed by atoms with Crippen molar-refractivity contribution in [3.05, 3.63) is 220 Å². The highest BCUT2D eigenvalue weighted by molar-refractivity contribution is 6.24. The van der Waals surface area contributed by atoms with E-state index in [0.29, 0.717) is 0 Å². The third-order valence-corrected chi connectivity index (χ3v) is 11.6. The van der Waals surface area contributed by atoms with Gasteiger partial charge in [-0.1, -0.05) is 169 Å². The highest BCUT2D eigenvalue weighted by Gasteiger charge is 2.53. The van der Waals surface area contributed by atoms with Gasteiger partial charge in [0.05, 0.1) is 33.5 Å². The zero-order valence-corrected chi connectivity index (χ0v) is 28.8. The Labute approximate surface area is 303 Å². The van der Waals surface area contributed by atoms with Crippen LogP contribution < -0.4 is 0 Å². The maximum atomic E-state index is 5.75. The first kappa shape index (κ1) is 29.2. The van der Waals surface area contributed by atoms with Crippen LogP contribution in [0.1, 0.15) is 45.4 Å². The molecule has 0 bridgehead atoms. The molecule has 7 aromatic carbocycles. The second kappa shape index (κ2) is 11.0. The number of fused-ring (bicyclic) bond motifs is 11. The second-order valence-corrected chi connectivity index (χ2v) is 14.3. The zero-order chi connectivity index (χ0) is 34.4. The number of aryl methyl sites for hydroxylation is 1. The van der Waals surface area contributed by atoms with Crippen LogP contribution in [0.2, 0.25) is 0 Å². The minimum absolute atomic E-state index is 0.570. The van der Waals surface area contributed by atoms with Crippen molar-refractivity contribution in [1.29, 1.82) is 0 Å². The maximum Gasteiger partial charge on any atom is 0.0772 e. The SMILES string of the molecule is Cc1ccc(-c2ccc(C3=CCC4=C(C(c5ccccc5)=N3)C3(c5ccccc54)c4ccccc4-n4c5ccccc5c5cccc3c54)cc2)cc1. The van der Waals surface area contributed by atoms with Crippen LogP contribution in [0.3, 0.4) is 0 Å². The summed E-state index contributed by atoms with van der Waals surface area (Å²) in [5.74, 6) is 0. The first-order valence-corrected chi connectivity index (χ1v) is 18.2. The summed E-state index contributed by atoms with van der Waals surface area (Å²) in [5, 5.41) is 2.57. The minimum atomic E-state index is -0.570. The third-order valence-electron chi connectivity index (χ3n) is 11.6. The van der Waals surface area contributed by atoms with Crippen LogP contribution in [-0.4, -0.2) is 10.3 Å². The summed E-state index contributed by atoms with van der Waals surface area (Å²) in [6.07, 6.45) is 3.14. The number of hydrogen-bond acceptors (Lipinski definition) is 1. The molecule has 8 aromatic rings. The van der Waals surface area contributed by atoms with Crippen molar-refractivity contribution in [3.63, 3.8) is 0 Å². The van der Waals surface area contributed by atoms with E-state index >= 15 is 0 Å². The number of hydrogen-bond donors (Lipinski definition) is 0. The summed E-state index contributed by atoms with van der Waals surface area (Å²) in [6.45, 7) is 2.13.